The molecule has 114 valence electrons. The van der Waals surface area contributed by atoms with E-state index in [9.17, 15) is 9.59 Å². The standard InChI is InChI=1S/C15H22N4O2/c1-10(2)19-7-6-18(9-13(19)14(16)20)15(21)12-5-4-11(3)17-8-12/h4-5,8,10,13H,6-7,9H2,1-3H3,(H2,16,20). The lowest BCUT2D eigenvalue weighted by atomic mass is 10.1. The third-order valence-electron chi connectivity index (χ3n) is 3.86. The van der Waals surface area contributed by atoms with Gasteiger partial charge in [0.2, 0.25) is 5.91 Å². The van der Waals surface area contributed by atoms with Crippen LogP contribution >= 0.6 is 0 Å². The normalized spacial score (nSPS) is 19.8. The highest BCUT2D eigenvalue weighted by molar-refractivity contribution is 5.94. The predicted octanol–water partition coefficient (Wildman–Crippen LogP) is 0.410. The lowest BCUT2D eigenvalue weighted by Gasteiger charge is -2.42. The highest BCUT2D eigenvalue weighted by atomic mass is 16.2. The van der Waals surface area contributed by atoms with Crippen LogP contribution in [0.2, 0.25) is 0 Å². The smallest absolute Gasteiger partial charge is 0.255 e. The first-order chi connectivity index (χ1) is 9.90. The van der Waals surface area contributed by atoms with E-state index in [1.54, 1.807) is 17.2 Å². The summed E-state index contributed by atoms with van der Waals surface area (Å²) in [5.74, 6) is -0.486. The second kappa shape index (κ2) is 6.22. The summed E-state index contributed by atoms with van der Waals surface area (Å²) in [6.45, 7) is 7.50. The molecule has 6 nitrogen and oxygen atoms in total. The Morgan fingerprint density at radius 1 is 1.33 bits per heavy atom. The molecule has 2 heterocycles. The molecule has 0 aromatic carbocycles. The van der Waals surface area contributed by atoms with Gasteiger partial charge in [0.15, 0.2) is 0 Å². The van der Waals surface area contributed by atoms with Crippen molar-refractivity contribution in [2.75, 3.05) is 19.6 Å². The third kappa shape index (κ3) is 3.39. The highest BCUT2D eigenvalue weighted by Crippen LogP contribution is 2.15. The van der Waals surface area contributed by atoms with E-state index in [2.05, 4.69) is 4.98 Å². The first-order valence-electron chi connectivity index (χ1n) is 7.17. The summed E-state index contributed by atoms with van der Waals surface area (Å²) in [5.41, 5.74) is 6.90. The van der Waals surface area contributed by atoms with Gasteiger partial charge in [-0.05, 0) is 32.9 Å². The Morgan fingerprint density at radius 2 is 2.05 bits per heavy atom. The largest absolute Gasteiger partial charge is 0.368 e. The second-order valence-corrected chi connectivity index (χ2v) is 5.69. The van der Waals surface area contributed by atoms with E-state index in [0.29, 0.717) is 25.2 Å². The molecule has 0 spiro atoms. The van der Waals surface area contributed by atoms with E-state index in [1.165, 1.54) is 0 Å². The van der Waals surface area contributed by atoms with E-state index in [1.807, 2.05) is 31.7 Å². The number of nitrogens with zero attached hydrogens (tertiary/aromatic N) is 3. The Kier molecular flexibility index (Phi) is 4.57. The van der Waals surface area contributed by atoms with Crippen LogP contribution in [0, 0.1) is 6.92 Å². The van der Waals surface area contributed by atoms with Crippen LogP contribution in [-0.2, 0) is 4.79 Å². The van der Waals surface area contributed by atoms with Crippen molar-refractivity contribution in [2.45, 2.75) is 32.9 Å². The SMILES string of the molecule is Cc1ccc(C(=O)N2CCN(C(C)C)C(C(N)=O)C2)cn1. The Hall–Kier alpha value is -1.95. The quantitative estimate of drug-likeness (QED) is 0.874. The summed E-state index contributed by atoms with van der Waals surface area (Å²) in [4.78, 5) is 32.0. The predicted molar refractivity (Wildman–Crippen MR) is 79.7 cm³/mol. The number of carbonyl (C=O) groups excluding carboxylic acids is 2. The van der Waals surface area contributed by atoms with Crippen molar-refractivity contribution in [3.63, 3.8) is 0 Å². The molecule has 2 amide bonds. The fourth-order valence-electron chi connectivity index (χ4n) is 2.63. The molecule has 1 saturated heterocycles. The van der Waals surface area contributed by atoms with Gasteiger partial charge in [0.1, 0.15) is 6.04 Å². The van der Waals surface area contributed by atoms with Crippen molar-refractivity contribution in [1.82, 2.24) is 14.8 Å². The zero-order valence-electron chi connectivity index (χ0n) is 12.7. The molecule has 2 N–H and O–H groups in total. The van der Waals surface area contributed by atoms with Crippen LogP contribution in [0.5, 0.6) is 0 Å². The van der Waals surface area contributed by atoms with Crippen molar-refractivity contribution in [1.29, 1.82) is 0 Å². The van der Waals surface area contributed by atoms with Crippen LogP contribution < -0.4 is 5.73 Å². The van der Waals surface area contributed by atoms with E-state index in [4.69, 9.17) is 5.73 Å². The fraction of sp³-hybridized carbons (Fsp3) is 0.533. The zero-order valence-corrected chi connectivity index (χ0v) is 12.7. The number of carbonyl (C=O) groups is 2. The van der Waals surface area contributed by atoms with Gasteiger partial charge in [-0.3, -0.25) is 19.5 Å². The van der Waals surface area contributed by atoms with Gasteiger partial charge in [0.05, 0.1) is 5.56 Å². The van der Waals surface area contributed by atoms with Crippen molar-refractivity contribution >= 4 is 11.8 Å². The molecule has 0 radical (unpaired) electrons. The van der Waals surface area contributed by atoms with Crippen LogP contribution in [0.1, 0.15) is 29.9 Å². The van der Waals surface area contributed by atoms with Gasteiger partial charge in [0, 0.05) is 37.6 Å². The van der Waals surface area contributed by atoms with Crippen molar-refractivity contribution < 1.29 is 9.59 Å². The number of pyridine rings is 1. The van der Waals surface area contributed by atoms with Gasteiger partial charge in [-0.15, -0.1) is 0 Å². The van der Waals surface area contributed by atoms with Crippen molar-refractivity contribution in [3.05, 3.63) is 29.6 Å². The monoisotopic (exact) mass is 290 g/mol. The number of hydrogen-bond acceptors (Lipinski definition) is 4. The number of rotatable bonds is 3. The third-order valence-corrected chi connectivity index (χ3v) is 3.86. The molecular weight excluding hydrogens is 268 g/mol. The lowest BCUT2D eigenvalue weighted by molar-refractivity contribution is -0.126. The zero-order chi connectivity index (χ0) is 15.6. The van der Waals surface area contributed by atoms with Gasteiger partial charge < -0.3 is 10.6 Å². The molecule has 0 aliphatic carbocycles. The molecule has 1 aliphatic rings. The number of primary amides is 1. The number of hydrogen-bond donors (Lipinski definition) is 1. The summed E-state index contributed by atoms with van der Waals surface area (Å²) in [7, 11) is 0. The van der Waals surface area contributed by atoms with E-state index in [-0.39, 0.29) is 17.9 Å². The molecule has 0 bridgehead atoms. The summed E-state index contributed by atoms with van der Waals surface area (Å²) < 4.78 is 0. The average molecular weight is 290 g/mol. The lowest BCUT2D eigenvalue weighted by Crippen LogP contribution is -2.61. The highest BCUT2D eigenvalue weighted by Gasteiger charge is 2.34. The maximum absolute atomic E-state index is 12.5. The fourth-order valence-corrected chi connectivity index (χ4v) is 2.63. The van der Waals surface area contributed by atoms with Crippen molar-refractivity contribution in [2.24, 2.45) is 5.73 Å². The number of amides is 2. The first-order valence-corrected chi connectivity index (χ1v) is 7.17. The molecule has 1 unspecified atom stereocenters. The van der Waals surface area contributed by atoms with E-state index in [0.717, 1.165) is 5.69 Å². The Labute approximate surface area is 124 Å². The summed E-state index contributed by atoms with van der Waals surface area (Å²) >= 11 is 0. The summed E-state index contributed by atoms with van der Waals surface area (Å²) in [5, 5.41) is 0. The maximum Gasteiger partial charge on any atom is 0.255 e. The molecule has 1 aromatic rings. The minimum absolute atomic E-state index is 0.0999. The number of piperazine rings is 1. The molecule has 2 rings (SSSR count). The maximum atomic E-state index is 12.5. The Bertz CT molecular complexity index is 527. The van der Waals surface area contributed by atoms with Gasteiger partial charge in [-0.25, -0.2) is 0 Å². The number of aromatic nitrogens is 1. The van der Waals surface area contributed by atoms with E-state index >= 15 is 0 Å². The van der Waals surface area contributed by atoms with Crippen LogP contribution in [-0.4, -0.2) is 58.3 Å². The van der Waals surface area contributed by atoms with Crippen LogP contribution in [0.15, 0.2) is 18.3 Å². The Morgan fingerprint density at radius 3 is 2.57 bits per heavy atom. The average Bonchev–Trinajstić information content (AvgIpc) is 2.46. The minimum atomic E-state index is -0.430. The summed E-state index contributed by atoms with van der Waals surface area (Å²) in [6.07, 6.45) is 1.58. The number of nitrogens with two attached hydrogens (primary N) is 1. The van der Waals surface area contributed by atoms with Gasteiger partial charge in [0.25, 0.3) is 5.91 Å². The van der Waals surface area contributed by atoms with Crippen LogP contribution in [0.4, 0.5) is 0 Å². The molecular formula is C15H22N4O2. The molecule has 21 heavy (non-hydrogen) atoms. The molecule has 1 aliphatic heterocycles. The Balaban J connectivity index is 2.13. The topological polar surface area (TPSA) is 79.5 Å². The van der Waals surface area contributed by atoms with Crippen molar-refractivity contribution in [3.8, 4) is 0 Å². The van der Waals surface area contributed by atoms with Gasteiger partial charge >= 0.3 is 0 Å². The van der Waals surface area contributed by atoms with Crippen LogP contribution in [0.3, 0.4) is 0 Å². The van der Waals surface area contributed by atoms with Gasteiger partial charge in [-0.2, -0.15) is 0 Å². The van der Waals surface area contributed by atoms with Crippen LogP contribution in [0.25, 0.3) is 0 Å². The van der Waals surface area contributed by atoms with E-state index < -0.39 is 6.04 Å². The molecule has 1 fully saturated rings. The molecule has 1 aromatic heterocycles. The molecule has 0 saturated carbocycles. The molecule has 1 atom stereocenters. The second-order valence-electron chi connectivity index (χ2n) is 5.69. The minimum Gasteiger partial charge on any atom is -0.368 e. The summed E-state index contributed by atoms with van der Waals surface area (Å²) in [6, 6.07) is 3.36. The first kappa shape index (κ1) is 15.4. The molecule has 6 heteroatoms. The number of aryl methyl sites for hydroxylation is 1. The van der Waals surface area contributed by atoms with Gasteiger partial charge in [-0.1, -0.05) is 0 Å².